The van der Waals surface area contributed by atoms with Crippen molar-refractivity contribution in [1.29, 1.82) is 0 Å². The van der Waals surface area contributed by atoms with Crippen molar-refractivity contribution in [2.75, 3.05) is 21.0 Å². The molecular weight excluding hydrogens is 412 g/mol. The Morgan fingerprint density at radius 1 is 0.938 bits per heavy atom. The van der Waals surface area contributed by atoms with Crippen LogP contribution in [0.15, 0.2) is 60.7 Å². The highest BCUT2D eigenvalue weighted by Gasteiger charge is 2.62. The molecule has 0 N–H and O–H groups in total. The summed E-state index contributed by atoms with van der Waals surface area (Å²) in [5, 5.41) is 2.12. The number of hydrogen-bond donors (Lipinski definition) is 0. The van der Waals surface area contributed by atoms with Gasteiger partial charge in [-0.05, 0) is 22.4 Å². The van der Waals surface area contributed by atoms with E-state index >= 15 is 0 Å². The zero-order valence-corrected chi connectivity index (χ0v) is 17.5. The fourth-order valence-corrected chi connectivity index (χ4v) is 4.29. The smallest absolute Gasteiger partial charge is 0.363 e. The van der Waals surface area contributed by atoms with E-state index in [-0.39, 0.29) is 6.79 Å². The van der Waals surface area contributed by atoms with Gasteiger partial charge in [0.15, 0.2) is 11.5 Å². The molecule has 0 bridgehead atoms. The first kappa shape index (κ1) is 19.9. The van der Waals surface area contributed by atoms with Crippen LogP contribution in [0.25, 0.3) is 16.8 Å². The van der Waals surface area contributed by atoms with E-state index in [1.165, 1.54) is 14.2 Å². The third kappa shape index (κ3) is 2.89. The molecule has 3 aromatic carbocycles. The largest absolute Gasteiger partial charge is 0.466 e. The van der Waals surface area contributed by atoms with Crippen LogP contribution in [0.4, 0.5) is 0 Å². The Morgan fingerprint density at radius 2 is 1.62 bits per heavy atom. The Balaban J connectivity index is 1.67. The fourth-order valence-electron chi connectivity index (χ4n) is 4.29. The lowest BCUT2D eigenvalue weighted by molar-refractivity contribution is -0.176. The molecular formula is C25H20O7. The van der Waals surface area contributed by atoms with E-state index in [4.69, 9.17) is 23.7 Å². The molecule has 0 radical (unpaired) electrons. The van der Waals surface area contributed by atoms with Crippen molar-refractivity contribution < 1.29 is 33.3 Å². The maximum Gasteiger partial charge on any atom is 0.363 e. The number of carbonyl (C=O) groups excluding carboxylic acids is 2. The van der Waals surface area contributed by atoms with Crippen LogP contribution in [0, 0.1) is 0 Å². The molecule has 7 heteroatoms. The Morgan fingerprint density at radius 3 is 2.38 bits per heavy atom. The summed E-state index contributed by atoms with van der Waals surface area (Å²) >= 11 is 0. The molecule has 1 atom stereocenters. The molecule has 0 saturated heterocycles. The summed E-state index contributed by atoms with van der Waals surface area (Å²) in [5.41, 5.74) is -0.496. The average Bonchev–Trinajstić information content (AvgIpc) is 3.42. The van der Waals surface area contributed by atoms with Gasteiger partial charge in [-0.15, -0.1) is 0 Å². The monoisotopic (exact) mass is 432 g/mol. The van der Waals surface area contributed by atoms with Crippen molar-refractivity contribution in [3.8, 4) is 17.2 Å². The number of benzene rings is 3. The van der Waals surface area contributed by atoms with Crippen LogP contribution in [0.5, 0.6) is 17.2 Å². The van der Waals surface area contributed by atoms with Gasteiger partial charge in [-0.3, -0.25) is 0 Å². The first-order chi connectivity index (χ1) is 15.6. The van der Waals surface area contributed by atoms with Crippen LogP contribution in [-0.4, -0.2) is 38.6 Å². The molecule has 2 aliphatic rings. The summed E-state index contributed by atoms with van der Waals surface area (Å²) in [6, 6.07) is 17.2. The molecule has 2 aliphatic heterocycles. The zero-order valence-electron chi connectivity index (χ0n) is 17.5. The second kappa shape index (κ2) is 7.60. The zero-order chi connectivity index (χ0) is 22.3. The number of rotatable bonds is 4. The Bertz CT molecular complexity index is 1240. The van der Waals surface area contributed by atoms with Gasteiger partial charge in [-0.25, -0.2) is 9.59 Å². The second-order valence-electron chi connectivity index (χ2n) is 7.47. The third-order valence-corrected chi connectivity index (χ3v) is 5.82. The molecule has 0 amide bonds. The van der Waals surface area contributed by atoms with Crippen molar-refractivity contribution in [3.05, 3.63) is 71.8 Å². The van der Waals surface area contributed by atoms with Crippen LogP contribution in [0.3, 0.4) is 0 Å². The summed E-state index contributed by atoms with van der Waals surface area (Å²) in [6.07, 6.45) is 3.64. The van der Waals surface area contributed by atoms with Crippen molar-refractivity contribution in [2.45, 2.75) is 11.5 Å². The molecule has 0 fully saturated rings. The fraction of sp³-hybridized carbons (Fsp3) is 0.200. The number of carbonyl (C=O) groups is 2. The summed E-state index contributed by atoms with van der Waals surface area (Å²) in [4.78, 5) is 25.9. The van der Waals surface area contributed by atoms with Gasteiger partial charge in [0.1, 0.15) is 5.75 Å². The maximum atomic E-state index is 12.9. The van der Waals surface area contributed by atoms with E-state index in [1.807, 2.05) is 48.5 Å². The predicted molar refractivity (Wildman–Crippen MR) is 116 cm³/mol. The number of methoxy groups -OCH3 is 2. The van der Waals surface area contributed by atoms with Crippen LogP contribution in [0.1, 0.15) is 17.0 Å². The first-order valence-corrected chi connectivity index (χ1v) is 10.0. The highest BCUT2D eigenvalue weighted by Crippen LogP contribution is 2.52. The standard InChI is InChI=1S/C25H20O7/c1-28-23(26)25(24(27)29-2)19(18-12-21-22(31-14-30-21)13-20(18)32-25)11-10-16-8-5-7-15-6-3-4-9-17(15)16/h3-13,19H,14H2,1-2H3/b11-10+/t19-/m0/s1. The SMILES string of the molecule is COC(=O)C1(C(=O)OC)Oc2cc3c(cc2[C@@H]1/C=C/c1cccc2ccccc12)OCO3. The summed E-state index contributed by atoms with van der Waals surface area (Å²) in [6.45, 7) is 0.0912. The minimum Gasteiger partial charge on any atom is -0.466 e. The van der Waals surface area contributed by atoms with Gasteiger partial charge in [0.25, 0.3) is 0 Å². The number of fused-ring (bicyclic) bond motifs is 3. The molecule has 0 spiro atoms. The van der Waals surface area contributed by atoms with Crippen LogP contribution >= 0.6 is 0 Å². The lowest BCUT2D eigenvalue weighted by atomic mass is 9.83. The molecule has 2 heterocycles. The summed E-state index contributed by atoms with van der Waals surface area (Å²) in [5.74, 6) is -1.19. The molecule has 0 aromatic heterocycles. The maximum absolute atomic E-state index is 12.9. The molecule has 0 aliphatic carbocycles. The number of esters is 2. The van der Waals surface area contributed by atoms with Gasteiger partial charge in [0.05, 0.1) is 20.1 Å². The number of ether oxygens (including phenoxy) is 5. The highest BCUT2D eigenvalue weighted by atomic mass is 16.7. The topological polar surface area (TPSA) is 80.3 Å². The molecule has 0 saturated carbocycles. The van der Waals surface area contributed by atoms with Gasteiger partial charge in [0.2, 0.25) is 6.79 Å². The van der Waals surface area contributed by atoms with Gasteiger partial charge in [-0.2, -0.15) is 0 Å². The molecule has 3 aromatic rings. The minimum atomic E-state index is -2.03. The quantitative estimate of drug-likeness (QED) is 0.458. The van der Waals surface area contributed by atoms with E-state index in [2.05, 4.69) is 0 Å². The average molecular weight is 432 g/mol. The molecule has 32 heavy (non-hydrogen) atoms. The van der Waals surface area contributed by atoms with Gasteiger partial charge >= 0.3 is 17.5 Å². The molecule has 5 rings (SSSR count). The lowest BCUT2D eigenvalue weighted by Crippen LogP contribution is -2.54. The van der Waals surface area contributed by atoms with Crippen molar-refractivity contribution in [3.63, 3.8) is 0 Å². The van der Waals surface area contributed by atoms with Gasteiger partial charge in [-0.1, -0.05) is 54.6 Å². The van der Waals surface area contributed by atoms with E-state index in [0.29, 0.717) is 22.8 Å². The predicted octanol–water partition coefficient (Wildman–Crippen LogP) is 3.84. The van der Waals surface area contributed by atoms with Crippen LogP contribution in [0.2, 0.25) is 0 Å². The van der Waals surface area contributed by atoms with Crippen LogP contribution in [-0.2, 0) is 19.1 Å². The summed E-state index contributed by atoms with van der Waals surface area (Å²) < 4.78 is 26.9. The minimum absolute atomic E-state index is 0.0912. The lowest BCUT2D eigenvalue weighted by Gasteiger charge is -2.27. The van der Waals surface area contributed by atoms with Crippen molar-refractivity contribution in [1.82, 2.24) is 0 Å². The van der Waals surface area contributed by atoms with Gasteiger partial charge in [0, 0.05) is 11.6 Å². The summed E-state index contributed by atoms with van der Waals surface area (Å²) in [7, 11) is 2.41. The molecule has 162 valence electrons. The van der Waals surface area contributed by atoms with Gasteiger partial charge < -0.3 is 23.7 Å². The van der Waals surface area contributed by atoms with Crippen molar-refractivity contribution >= 4 is 28.8 Å². The van der Waals surface area contributed by atoms with E-state index in [9.17, 15) is 9.59 Å². The second-order valence-corrected chi connectivity index (χ2v) is 7.47. The van der Waals surface area contributed by atoms with E-state index < -0.39 is 23.5 Å². The van der Waals surface area contributed by atoms with E-state index in [1.54, 1.807) is 18.2 Å². The van der Waals surface area contributed by atoms with Crippen molar-refractivity contribution in [2.24, 2.45) is 0 Å². The normalized spacial score (nSPS) is 17.8. The molecule has 7 nitrogen and oxygen atoms in total. The first-order valence-electron chi connectivity index (χ1n) is 10.0. The Kier molecular flexibility index (Phi) is 4.74. The van der Waals surface area contributed by atoms with E-state index in [0.717, 1.165) is 16.3 Å². The molecule has 0 unspecified atom stereocenters. The number of hydrogen-bond acceptors (Lipinski definition) is 7. The Hall–Kier alpha value is -4.00. The Labute approximate surface area is 184 Å². The third-order valence-electron chi connectivity index (χ3n) is 5.82. The highest BCUT2D eigenvalue weighted by molar-refractivity contribution is 6.07. The van der Waals surface area contributed by atoms with Crippen LogP contribution < -0.4 is 14.2 Å².